The van der Waals surface area contributed by atoms with Gasteiger partial charge in [-0.1, -0.05) is 41.5 Å². The van der Waals surface area contributed by atoms with Crippen LogP contribution in [0.3, 0.4) is 0 Å². The van der Waals surface area contributed by atoms with Gasteiger partial charge in [-0.15, -0.1) is 16.4 Å². The average molecular weight is 311 g/mol. The first-order valence-electron chi connectivity index (χ1n) is 6.68. The van der Waals surface area contributed by atoms with Crippen molar-refractivity contribution in [2.24, 2.45) is 0 Å². The predicted molar refractivity (Wildman–Crippen MR) is 85.5 cm³/mol. The maximum absolute atomic E-state index is 11.8. The SMILES string of the molecule is O=C(/C=C/c1ccccc1)Nc1nnc(Cc2cccs2)o1. The van der Waals surface area contributed by atoms with Crippen LogP contribution in [0.2, 0.25) is 0 Å². The van der Waals surface area contributed by atoms with Crippen LogP contribution in [-0.4, -0.2) is 16.1 Å². The Bertz CT molecular complexity index is 764. The Hall–Kier alpha value is -2.73. The van der Waals surface area contributed by atoms with Gasteiger partial charge < -0.3 is 4.42 Å². The van der Waals surface area contributed by atoms with E-state index < -0.39 is 0 Å². The highest BCUT2D eigenvalue weighted by Gasteiger charge is 2.09. The van der Waals surface area contributed by atoms with Crippen LogP contribution in [0.4, 0.5) is 6.01 Å². The van der Waals surface area contributed by atoms with Crippen LogP contribution in [0.5, 0.6) is 0 Å². The van der Waals surface area contributed by atoms with Crippen LogP contribution in [0.1, 0.15) is 16.3 Å². The third kappa shape index (κ3) is 3.89. The van der Waals surface area contributed by atoms with Crippen molar-refractivity contribution in [1.29, 1.82) is 0 Å². The molecule has 0 radical (unpaired) electrons. The molecule has 0 aliphatic heterocycles. The fraction of sp³-hybridized carbons (Fsp3) is 0.0625. The zero-order valence-corrected chi connectivity index (χ0v) is 12.4. The van der Waals surface area contributed by atoms with Gasteiger partial charge in [0.05, 0.1) is 6.42 Å². The molecule has 3 rings (SSSR count). The van der Waals surface area contributed by atoms with E-state index in [0.717, 1.165) is 10.4 Å². The second-order valence-corrected chi connectivity index (χ2v) is 5.52. The van der Waals surface area contributed by atoms with Crippen LogP contribution in [0.25, 0.3) is 6.08 Å². The Morgan fingerprint density at radius 1 is 1.18 bits per heavy atom. The molecule has 0 unspecified atom stereocenters. The van der Waals surface area contributed by atoms with E-state index in [2.05, 4.69) is 15.5 Å². The fourth-order valence-electron chi connectivity index (χ4n) is 1.82. The van der Waals surface area contributed by atoms with Gasteiger partial charge in [-0.25, -0.2) is 0 Å². The number of nitrogens with one attached hydrogen (secondary N) is 1. The number of nitrogens with zero attached hydrogens (tertiary/aromatic N) is 2. The minimum absolute atomic E-state index is 0.106. The van der Waals surface area contributed by atoms with Gasteiger partial charge in [0.15, 0.2) is 0 Å². The van der Waals surface area contributed by atoms with Gasteiger partial charge in [0.1, 0.15) is 0 Å². The van der Waals surface area contributed by atoms with E-state index in [-0.39, 0.29) is 11.9 Å². The quantitative estimate of drug-likeness (QED) is 0.734. The van der Waals surface area contributed by atoms with Crippen molar-refractivity contribution in [2.45, 2.75) is 6.42 Å². The first-order valence-corrected chi connectivity index (χ1v) is 7.56. The average Bonchev–Trinajstić information content (AvgIpc) is 3.19. The third-order valence-corrected chi connectivity index (χ3v) is 3.71. The van der Waals surface area contributed by atoms with Crippen LogP contribution in [-0.2, 0) is 11.2 Å². The van der Waals surface area contributed by atoms with Crippen LogP contribution < -0.4 is 5.32 Å². The number of aromatic nitrogens is 2. The summed E-state index contributed by atoms with van der Waals surface area (Å²) in [6.45, 7) is 0. The topological polar surface area (TPSA) is 68.0 Å². The molecular weight excluding hydrogens is 298 g/mol. The maximum atomic E-state index is 11.8. The zero-order chi connectivity index (χ0) is 15.2. The summed E-state index contributed by atoms with van der Waals surface area (Å²) in [6.07, 6.45) is 3.72. The van der Waals surface area contributed by atoms with Gasteiger partial charge in [-0.05, 0) is 23.1 Å². The van der Waals surface area contributed by atoms with E-state index in [1.165, 1.54) is 6.08 Å². The Labute approximate surface area is 131 Å². The monoisotopic (exact) mass is 311 g/mol. The molecule has 110 valence electrons. The number of anilines is 1. The molecular formula is C16H13N3O2S. The van der Waals surface area contributed by atoms with Crippen molar-refractivity contribution in [1.82, 2.24) is 10.2 Å². The Kier molecular flexibility index (Phi) is 4.41. The third-order valence-electron chi connectivity index (χ3n) is 2.83. The predicted octanol–water partition coefficient (Wildman–Crippen LogP) is 3.37. The van der Waals surface area contributed by atoms with Crippen LogP contribution >= 0.6 is 11.3 Å². The Balaban J connectivity index is 1.58. The number of hydrogen-bond donors (Lipinski definition) is 1. The summed E-state index contributed by atoms with van der Waals surface area (Å²) < 4.78 is 5.40. The Morgan fingerprint density at radius 3 is 2.82 bits per heavy atom. The van der Waals surface area contributed by atoms with E-state index in [1.54, 1.807) is 17.4 Å². The van der Waals surface area contributed by atoms with Gasteiger partial charge in [-0.2, -0.15) is 0 Å². The lowest BCUT2D eigenvalue weighted by Crippen LogP contribution is -2.07. The summed E-state index contributed by atoms with van der Waals surface area (Å²) in [7, 11) is 0. The van der Waals surface area contributed by atoms with Crippen molar-refractivity contribution in [2.75, 3.05) is 5.32 Å². The molecule has 1 N–H and O–H groups in total. The molecule has 0 saturated carbocycles. The van der Waals surface area contributed by atoms with Gasteiger partial charge >= 0.3 is 6.01 Å². The molecule has 2 heterocycles. The summed E-state index contributed by atoms with van der Waals surface area (Å²) in [5.41, 5.74) is 0.946. The van der Waals surface area contributed by atoms with Crippen molar-refractivity contribution in [3.05, 3.63) is 70.3 Å². The van der Waals surface area contributed by atoms with Crippen molar-refractivity contribution in [3.8, 4) is 0 Å². The van der Waals surface area contributed by atoms with Crippen molar-refractivity contribution < 1.29 is 9.21 Å². The molecule has 3 aromatic rings. The molecule has 5 nitrogen and oxygen atoms in total. The minimum atomic E-state index is -0.310. The standard InChI is InChI=1S/C16H13N3O2S/c20-14(9-8-12-5-2-1-3-6-12)17-16-19-18-15(21-16)11-13-7-4-10-22-13/h1-10H,11H2,(H,17,19,20)/b9-8+. The molecule has 0 fully saturated rings. The van der Waals surface area contributed by atoms with Crippen molar-refractivity contribution >= 4 is 29.3 Å². The van der Waals surface area contributed by atoms with Crippen molar-refractivity contribution in [3.63, 3.8) is 0 Å². The highest BCUT2D eigenvalue weighted by Crippen LogP contribution is 2.15. The number of amides is 1. The van der Waals surface area contributed by atoms with E-state index >= 15 is 0 Å². The smallest absolute Gasteiger partial charge is 0.322 e. The lowest BCUT2D eigenvalue weighted by Gasteiger charge is -1.95. The van der Waals surface area contributed by atoms with E-state index in [4.69, 9.17) is 4.42 Å². The van der Waals surface area contributed by atoms with Gasteiger partial charge in [0.2, 0.25) is 5.89 Å². The van der Waals surface area contributed by atoms with Gasteiger partial charge in [0.25, 0.3) is 5.91 Å². The summed E-state index contributed by atoms with van der Waals surface area (Å²) in [6, 6.07) is 13.6. The number of hydrogen-bond acceptors (Lipinski definition) is 5. The number of thiophene rings is 1. The summed E-state index contributed by atoms with van der Waals surface area (Å²) in [4.78, 5) is 12.9. The van der Waals surface area contributed by atoms with E-state index in [9.17, 15) is 4.79 Å². The minimum Gasteiger partial charge on any atom is -0.407 e. The maximum Gasteiger partial charge on any atom is 0.322 e. The number of rotatable bonds is 5. The first-order chi connectivity index (χ1) is 10.8. The second kappa shape index (κ2) is 6.82. The molecule has 0 spiro atoms. The molecule has 0 saturated heterocycles. The highest BCUT2D eigenvalue weighted by atomic mass is 32.1. The molecule has 6 heteroatoms. The summed E-state index contributed by atoms with van der Waals surface area (Å²) >= 11 is 1.62. The van der Waals surface area contributed by atoms with Crippen LogP contribution in [0.15, 0.2) is 58.3 Å². The molecule has 1 amide bonds. The molecule has 0 aliphatic rings. The van der Waals surface area contributed by atoms with Gasteiger partial charge in [-0.3, -0.25) is 10.1 Å². The Morgan fingerprint density at radius 2 is 2.05 bits per heavy atom. The van der Waals surface area contributed by atoms with E-state index in [1.807, 2.05) is 47.8 Å². The fourth-order valence-corrected chi connectivity index (χ4v) is 2.52. The van der Waals surface area contributed by atoms with Gasteiger partial charge in [0, 0.05) is 11.0 Å². The number of benzene rings is 1. The summed E-state index contributed by atoms with van der Waals surface area (Å²) in [5.74, 6) is 0.167. The lowest BCUT2D eigenvalue weighted by atomic mass is 10.2. The number of carbonyl (C=O) groups is 1. The first kappa shape index (κ1) is 14.2. The molecule has 2 aromatic heterocycles. The van der Waals surface area contributed by atoms with E-state index in [0.29, 0.717) is 12.3 Å². The van der Waals surface area contributed by atoms with Crippen LogP contribution in [0, 0.1) is 0 Å². The normalized spacial score (nSPS) is 10.9. The largest absolute Gasteiger partial charge is 0.407 e. The highest BCUT2D eigenvalue weighted by molar-refractivity contribution is 7.09. The molecule has 0 atom stereocenters. The molecule has 22 heavy (non-hydrogen) atoms. The summed E-state index contributed by atoms with van der Waals surface area (Å²) in [5, 5.41) is 12.3. The molecule has 0 aliphatic carbocycles. The number of carbonyl (C=O) groups excluding carboxylic acids is 1. The molecule has 1 aromatic carbocycles. The zero-order valence-electron chi connectivity index (χ0n) is 11.6. The second-order valence-electron chi connectivity index (χ2n) is 4.49. The lowest BCUT2D eigenvalue weighted by molar-refractivity contribution is -0.112. The molecule has 0 bridgehead atoms.